The van der Waals surface area contributed by atoms with E-state index >= 15 is 0 Å². The Kier molecular flexibility index (Phi) is 5.33. The zero-order valence-corrected chi connectivity index (χ0v) is 15.6. The molecule has 7 heteroatoms. The van der Waals surface area contributed by atoms with Gasteiger partial charge in [-0.1, -0.05) is 41.6 Å². The number of aromatic nitrogens is 1. The molecule has 1 fully saturated rings. The Morgan fingerprint density at radius 2 is 1.93 bits per heavy atom. The molecular weight excluding hydrogens is 362 g/mol. The predicted molar refractivity (Wildman–Crippen MR) is 104 cm³/mol. The van der Waals surface area contributed by atoms with Crippen molar-refractivity contribution >= 4 is 17.2 Å². The number of β-amino-alcohol motifs (C(OH)–C–C–N with tert-alkyl or cyclic N) is 1. The number of benzene rings is 1. The molecule has 1 aliphatic rings. The molecule has 140 valence electrons. The number of hydrogen-bond acceptors (Lipinski definition) is 6. The first-order valence-corrected chi connectivity index (χ1v) is 9.84. The molecule has 0 radical (unpaired) electrons. The van der Waals surface area contributed by atoms with E-state index in [0.29, 0.717) is 31.1 Å². The lowest BCUT2D eigenvalue weighted by Crippen LogP contribution is -2.49. The molecular formula is C20H21N3O3S. The topological polar surface area (TPSA) is 69.8 Å². The lowest BCUT2D eigenvalue weighted by Gasteiger charge is -2.35. The van der Waals surface area contributed by atoms with E-state index in [0.717, 1.165) is 23.5 Å². The van der Waals surface area contributed by atoms with Gasteiger partial charge in [-0.2, -0.15) is 0 Å². The van der Waals surface area contributed by atoms with Crippen LogP contribution < -0.4 is 0 Å². The van der Waals surface area contributed by atoms with Crippen LogP contribution in [0.5, 0.6) is 0 Å². The van der Waals surface area contributed by atoms with Gasteiger partial charge in [0.2, 0.25) is 0 Å². The SMILES string of the molecule is O=C(c1cc(-c2ccccc2)on1)N1CCN(CC(O)c2cccs2)CC1. The van der Waals surface area contributed by atoms with Gasteiger partial charge in [-0.25, -0.2) is 0 Å². The molecule has 1 aromatic carbocycles. The number of carbonyl (C=O) groups excluding carboxylic acids is 1. The van der Waals surface area contributed by atoms with E-state index in [9.17, 15) is 9.90 Å². The fourth-order valence-electron chi connectivity index (χ4n) is 3.23. The second kappa shape index (κ2) is 8.04. The maximum Gasteiger partial charge on any atom is 0.276 e. The minimum atomic E-state index is -0.476. The maximum atomic E-state index is 12.7. The van der Waals surface area contributed by atoms with Crippen molar-refractivity contribution in [2.75, 3.05) is 32.7 Å². The molecule has 3 aromatic rings. The Balaban J connectivity index is 1.33. The molecule has 6 nitrogen and oxygen atoms in total. The van der Waals surface area contributed by atoms with Crippen molar-refractivity contribution in [3.8, 4) is 11.3 Å². The third-order valence-electron chi connectivity index (χ3n) is 4.75. The van der Waals surface area contributed by atoms with Crippen molar-refractivity contribution in [1.29, 1.82) is 0 Å². The highest BCUT2D eigenvalue weighted by Crippen LogP contribution is 2.22. The molecule has 2 aromatic heterocycles. The van der Waals surface area contributed by atoms with Crippen molar-refractivity contribution in [2.24, 2.45) is 0 Å². The first-order chi connectivity index (χ1) is 13.2. The van der Waals surface area contributed by atoms with Crippen LogP contribution in [0.3, 0.4) is 0 Å². The van der Waals surface area contributed by atoms with Gasteiger partial charge in [0.15, 0.2) is 11.5 Å². The van der Waals surface area contributed by atoms with Crippen molar-refractivity contribution in [2.45, 2.75) is 6.10 Å². The summed E-state index contributed by atoms with van der Waals surface area (Å²) < 4.78 is 5.34. The summed E-state index contributed by atoms with van der Waals surface area (Å²) in [7, 11) is 0. The van der Waals surface area contributed by atoms with E-state index in [1.165, 1.54) is 0 Å². The van der Waals surface area contributed by atoms with E-state index in [1.807, 2.05) is 47.8 Å². The highest BCUT2D eigenvalue weighted by atomic mass is 32.1. The number of piperazine rings is 1. The molecule has 0 saturated carbocycles. The van der Waals surface area contributed by atoms with Gasteiger partial charge in [-0.15, -0.1) is 11.3 Å². The third-order valence-corrected chi connectivity index (χ3v) is 5.72. The summed E-state index contributed by atoms with van der Waals surface area (Å²) in [6, 6.07) is 15.2. The summed E-state index contributed by atoms with van der Waals surface area (Å²) >= 11 is 1.56. The molecule has 1 unspecified atom stereocenters. The summed E-state index contributed by atoms with van der Waals surface area (Å²) in [5.74, 6) is 0.482. The first-order valence-electron chi connectivity index (χ1n) is 8.96. The molecule has 0 bridgehead atoms. The first kappa shape index (κ1) is 17.9. The second-order valence-corrected chi connectivity index (χ2v) is 7.55. The van der Waals surface area contributed by atoms with Gasteiger partial charge in [0, 0.05) is 49.2 Å². The van der Waals surface area contributed by atoms with Gasteiger partial charge >= 0.3 is 0 Å². The molecule has 4 rings (SSSR count). The smallest absolute Gasteiger partial charge is 0.276 e. The summed E-state index contributed by atoms with van der Waals surface area (Å²) in [5.41, 5.74) is 1.23. The molecule has 1 N–H and O–H groups in total. The Morgan fingerprint density at radius 3 is 2.63 bits per heavy atom. The van der Waals surface area contributed by atoms with Crippen LogP contribution in [0, 0.1) is 0 Å². The van der Waals surface area contributed by atoms with E-state index in [-0.39, 0.29) is 5.91 Å². The number of rotatable bonds is 5. The minimum absolute atomic E-state index is 0.112. The highest BCUT2D eigenvalue weighted by molar-refractivity contribution is 7.10. The van der Waals surface area contributed by atoms with Gasteiger partial charge in [0.05, 0.1) is 0 Å². The van der Waals surface area contributed by atoms with Crippen LogP contribution in [0.1, 0.15) is 21.5 Å². The van der Waals surface area contributed by atoms with Crippen molar-refractivity contribution in [3.63, 3.8) is 0 Å². The molecule has 27 heavy (non-hydrogen) atoms. The van der Waals surface area contributed by atoms with E-state index in [1.54, 1.807) is 22.3 Å². The van der Waals surface area contributed by atoms with Crippen LogP contribution in [0.2, 0.25) is 0 Å². The molecule has 1 atom stereocenters. The van der Waals surface area contributed by atoms with Crippen molar-refractivity contribution in [1.82, 2.24) is 15.0 Å². The Labute approximate surface area is 161 Å². The van der Waals surface area contributed by atoms with Crippen molar-refractivity contribution < 1.29 is 14.4 Å². The van der Waals surface area contributed by atoms with Crippen molar-refractivity contribution in [3.05, 3.63) is 64.5 Å². The number of amides is 1. The average Bonchev–Trinajstić information content (AvgIpc) is 3.41. The molecule has 3 heterocycles. The van der Waals surface area contributed by atoms with Crippen LogP contribution in [-0.2, 0) is 0 Å². The number of hydrogen-bond donors (Lipinski definition) is 1. The van der Waals surface area contributed by atoms with E-state index in [4.69, 9.17) is 4.52 Å². The normalized spacial score (nSPS) is 16.4. The summed E-state index contributed by atoms with van der Waals surface area (Å²) in [6.07, 6.45) is -0.476. The highest BCUT2D eigenvalue weighted by Gasteiger charge is 2.26. The minimum Gasteiger partial charge on any atom is -0.386 e. The van der Waals surface area contributed by atoms with Crippen LogP contribution in [-0.4, -0.2) is 58.7 Å². The lowest BCUT2D eigenvalue weighted by atomic mass is 10.1. The zero-order valence-electron chi connectivity index (χ0n) is 14.8. The molecule has 1 amide bonds. The van der Waals surface area contributed by atoms with E-state index < -0.39 is 6.10 Å². The van der Waals surface area contributed by atoms with Gasteiger partial charge in [-0.05, 0) is 11.4 Å². The maximum absolute atomic E-state index is 12.7. The number of aliphatic hydroxyl groups excluding tert-OH is 1. The number of nitrogens with zero attached hydrogens (tertiary/aromatic N) is 3. The fraction of sp³-hybridized carbons (Fsp3) is 0.300. The zero-order chi connectivity index (χ0) is 18.6. The van der Waals surface area contributed by atoms with Crippen LogP contribution >= 0.6 is 11.3 Å². The van der Waals surface area contributed by atoms with Crippen LogP contribution in [0.4, 0.5) is 0 Å². The van der Waals surface area contributed by atoms with Gasteiger partial charge in [0.25, 0.3) is 5.91 Å². The van der Waals surface area contributed by atoms with Crippen LogP contribution in [0.15, 0.2) is 58.4 Å². The quantitative estimate of drug-likeness (QED) is 0.734. The van der Waals surface area contributed by atoms with Gasteiger partial charge in [0.1, 0.15) is 6.10 Å². The second-order valence-electron chi connectivity index (χ2n) is 6.57. The molecule has 1 aliphatic heterocycles. The predicted octanol–water partition coefficient (Wildman–Crippen LogP) is 2.89. The number of thiophene rings is 1. The number of carbonyl (C=O) groups is 1. The largest absolute Gasteiger partial charge is 0.386 e. The fourth-order valence-corrected chi connectivity index (χ4v) is 3.93. The summed E-state index contributed by atoms with van der Waals surface area (Å²) in [4.78, 5) is 17.7. The Hall–Kier alpha value is -2.48. The molecule has 1 saturated heterocycles. The van der Waals surface area contributed by atoms with Gasteiger partial charge in [-0.3, -0.25) is 9.69 Å². The standard InChI is InChI=1S/C20H21N3O3S/c24-17(19-7-4-12-27-19)14-22-8-10-23(11-9-22)20(25)16-13-18(26-21-16)15-5-2-1-3-6-15/h1-7,12-13,17,24H,8-11,14H2. The van der Waals surface area contributed by atoms with E-state index in [2.05, 4.69) is 10.1 Å². The van der Waals surface area contributed by atoms with Crippen LogP contribution in [0.25, 0.3) is 11.3 Å². The third kappa shape index (κ3) is 4.10. The monoisotopic (exact) mass is 383 g/mol. The number of aliphatic hydroxyl groups is 1. The van der Waals surface area contributed by atoms with Gasteiger partial charge < -0.3 is 14.5 Å². The average molecular weight is 383 g/mol. The molecule has 0 aliphatic carbocycles. The Bertz CT molecular complexity index is 871. The summed E-state index contributed by atoms with van der Waals surface area (Å²) in [5, 5.41) is 16.2. The Morgan fingerprint density at radius 1 is 1.15 bits per heavy atom. The summed E-state index contributed by atoms with van der Waals surface area (Å²) in [6.45, 7) is 3.28. The molecule has 0 spiro atoms. The lowest BCUT2D eigenvalue weighted by molar-refractivity contribution is 0.0525.